The van der Waals surface area contributed by atoms with Gasteiger partial charge in [0, 0.05) is 19.5 Å². The van der Waals surface area contributed by atoms with Gasteiger partial charge in [-0.1, -0.05) is 24.3 Å². The van der Waals surface area contributed by atoms with Crippen molar-refractivity contribution in [3.8, 4) is 0 Å². The summed E-state index contributed by atoms with van der Waals surface area (Å²) < 4.78 is 5.63. The number of rotatable bonds is 4. The van der Waals surface area contributed by atoms with Crippen LogP contribution in [0, 0.1) is 6.92 Å². The van der Waals surface area contributed by atoms with E-state index in [-0.39, 0.29) is 18.1 Å². The number of hydrogen-bond donors (Lipinski definition) is 0. The number of amides is 1. The number of nitrogens with zero attached hydrogens (tertiary/aromatic N) is 5. The van der Waals surface area contributed by atoms with Gasteiger partial charge in [-0.25, -0.2) is 0 Å². The Morgan fingerprint density at radius 1 is 1.33 bits per heavy atom. The number of carbonyl (C=O) groups excluding carboxylic acids is 1. The van der Waals surface area contributed by atoms with Gasteiger partial charge in [0.2, 0.25) is 5.91 Å². The molecule has 2 aromatic rings. The predicted octanol–water partition coefficient (Wildman–Crippen LogP) is 1.21. The van der Waals surface area contributed by atoms with E-state index in [0.717, 1.165) is 0 Å². The van der Waals surface area contributed by atoms with Crippen LogP contribution in [0.3, 0.4) is 0 Å². The molecule has 0 aliphatic carbocycles. The molecule has 1 aliphatic heterocycles. The molecule has 24 heavy (non-hydrogen) atoms. The first-order valence-electron chi connectivity index (χ1n) is 8.16. The quantitative estimate of drug-likeness (QED) is 0.843. The van der Waals surface area contributed by atoms with Gasteiger partial charge in [0.1, 0.15) is 6.54 Å². The Kier molecular flexibility index (Phi) is 4.62. The van der Waals surface area contributed by atoms with Crippen LogP contribution in [0.1, 0.15) is 30.8 Å². The summed E-state index contributed by atoms with van der Waals surface area (Å²) in [4.78, 5) is 15.6. The highest BCUT2D eigenvalue weighted by molar-refractivity contribution is 5.76. The molecule has 1 saturated heterocycles. The minimum absolute atomic E-state index is 0.00813. The number of tetrazole rings is 1. The zero-order valence-electron chi connectivity index (χ0n) is 14.4. The van der Waals surface area contributed by atoms with Crippen LogP contribution in [0.25, 0.3) is 0 Å². The highest BCUT2D eigenvalue weighted by atomic mass is 16.5. The van der Waals surface area contributed by atoms with Crippen molar-refractivity contribution in [2.45, 2.75) is 39.3 Å². The highest BCUT2D eigenvalue weighted by Gasteiger charge is 2.30. The first kappa shape index (κ1) is 16.6. The standard InChI is InChI=1S/C17H23N5O2/c1-13-6-4-5-7-14(13)10-15-18-20-22(19-15)11-16(23)21-8-9-24-17(2,3)12-21/h4-7H,8-12H2,1-3H3. The van der Waals surface area contributed by atoms with Gasteiger partial charge < -0.3 is 9.64 Å². The van der Waals surface area contributed by atoms with Gasteiger partial charge in [-0.05, 0) is 37.1 Å². The Bertz CT molecular complexity index is 725. The lowest BCUT2D eigenvalue weighted by Crippen LogP contribution is -2.51. The third kappa shape index (κ3) is 3.97. The Balaban J connectivity index is 1.62. The third-order valence-electron chi connectivity index (χ3n) is 4.16. The topological polar surface area (TPSA) is 73.1 Å². The second-order valence-electron chi connectivity index (χ2n) is 6.76. The van der Waals surface area contributed by atoms with E-state index in [0.29, 0.717) is 31.9 Å². The van der Waals surface area contributed by atoms with Crippen LogP contribution in [-0.4, -0.2) is 56.3 Å². The first-order chi connectivity index (χ1) is 11.4. The molecule has 0 spiro atoms. The highest BCUT2D eigenvalue weighted by Crippen LogP contribution is 2.16. The van der Waals surface area contributed by atoms with Gasteiger partial charge >= 0.3 is 0 Å². The van der Waals surface area contributed by atoms with Gasteiger partial charge in [-0.3, -0.25) is 4.79 Å². The Hall–Kier alpha value is -2.28. The van der Waals surface area contributed by atoms with E-state index in [2.05, 4.69) is 34.5 Å². The molecule has 1 aromatic heterocycles. The molecule has 7 nitrogen and oxygen atoms in total. The van der Waals surface area contributed by atoms with E-state index < -0.39 is 0 Å². The zero-order valence-corrected chi connectivity index (χ0v) is 14.4. The van der Waals surface area contributed by atoms with Crippen LogP contribution >= 0.6 is 0 Å². The molecule has 128 valence electrons. The van der Waals surface area contributed by atoms with Crippen molar-refractivity contribution in [3.05, 3.63) is 41.2 Å². The van der Waals surface area contributed by atoms with Crippen LogP contribution in [0.5, 0.6) is 0 Å². The molecule has 1 aliphatic rings. The predicted molar refractivity (Wildman–Crippen MR) is 88.4 cm³/mol. The number of hydrogen-bond acceptors (Lipinski definition) is 5. The van der Waals surface area contributed by atoms with Gasteiger partial charge in [-0.15, -0.1) is 10.2 Å². The summed E-state index contributed by atoms with van der Waals surface area (Å²) in [6.07, 6.45) is 0.617. The van der Waals surface area contributed by atoms with Gasteiger partial charge in [-0.2, -0.15) is 4.80 Å². The number of aryl methyl sites for hydroxylation is 1. The minimum atomic E-state index is -0.306. The molecule has 0 bridgehead atoms. The van der Waals surface area contributed by atoms with E-state index in [1.807, 2.05) is 26.0 Å². The van der Waals surface area contributed by atoms with Crippen molar-refractivity contribution in [1.29, 1.82) is 0 Å². The van der Waals surface area contributed by atoms with Gasteiger partial charge in [0.05, 0.1) is 12.2 Å². The summed E-state index contributed by atoms with van der Waals surface area (Å²) in [5.41, 5.74) is 2.05. The number of aromatic nitrogens is 4. The molecule has 0 saturated carbocycles. The molecule has 0 radical (unpaired) electrons. The maximum atomic E-state index is 12.4. The van der Waals surface area contributed by atoms with Crippen molar-refractivity contribution in [1.82, 2.24) is 25.1 Å². The molecule has 2 heterocycles. The smallest absolute Gasteiger partial charge is 0.246 e. The molecule has 1 amide bonds. The monoisotopic (exact) mass is 329 g/mol. The lowest BCUT2D eigenvalue weighted by Gasteiger charge is -2.38. The SMILES string of the molecule is Cc1ccccc1Cc1nnn(CC(=O)N2CCOC(C)(C)C2)n1. The molecular formula is C17H23N5O2. The van der Waals surface area contributed by atoms with Crippen LogP contribution < -0.4 is 0 Å². The van der Waals surface area contributed by atoms with Crippen LogP contribution in [0.2, 0.25) is 0 Å². The molecular weight excluding hydrogens is 306 g/mol. The molecule has 3 rings (SSSR count). The summed E-state index contributed by atoms with van der Waals surface area (Å²) in [6, 6.07) is 8.11. The second-order valence-corrected chi connectivity index (χ2v) is 6.76. The van der Waals surface area contributed by atoms with E-state index in [1.54, 1.807) is 4.90 Å². The summed E-state index contributed by atoms with van der Waals surface area (Å²) in [7, 11) is 0. The zero-order chi connectivity index (χ0) is 17.2. The molecule has 1 fully saturated rings. The van der Waals surface area contributed by atoms with Crippen molar-refractivity contribution < 1.29 is 9.53 Å². The Labute approximate surface area is 141 Å². The van der Waals surface area contributed by atoms with Crippen molar-refractivity contribution >= 4 is 5.91 Å². The number of carbonyl (C=O) groups is 1. The van der Waals surface area contributed by atoms with Crippen molar-refractivity contribution in [2.75, 3.05) is 19.7 Å². The minimum Gasteiger partial charge on any atom is -0.372 e. The fourth-order valence-corrected chi connectivity index (χ4v) is 2.84. The van der Waals surface area contributed by atoms with Gasteiger partial charge in [0.15, 0.2) is 5.82 Å². The molecule has 0 atom stereocenters. The van der Waals surface area contributed by atoms with Crippen LogP contribution in [-0.2, 0) is 22.5 Å². The summed E-state index contributed by atoms with van der Waals surface area (Å²) >= 11 is 0. The summed E-state index contributed by atoms with van der Waals surface area (Å²) in [5, 5.41) is 12.4. The third-order valence-corrected chi connectivity index (χ3v) is 4.16. The average molecular weight is 329 g/mol. The van der Waals surface area contributed by atoms with E-state index in [1.165, 1.54) is 15.9 Å². The van der Waals surface area contributed by atoms with E-state index >= 15 is 0 Å². The maximum Gasteiger partial charge on any atom is 0.246 e. The molecule has 0 N–H and O–H groups in total. The molecule has 1 aromatic carbocycles. The van der Waals surface area contributed by atoms with Crippen LogP contribution in [0.4, 0.5) is 0 Å². The normalized spacial score (nSPS) is 17.0. The Morgan fingerprint density at radius 2 is 2.12 bits per heavy atom. The van der Waals surface area contributed by atoms with Crippen molar-refractivity contribution in [2.24, 2.45) is 0 Å². The maximum absolute atomic E-state index is 12.4. The van der Waals surface area contributed by atoms with Crippen molar-refractivity contribution in [3.63, 3.8) is 0 Å². The molecule has 7 heteroatoms. The van der Waals surface area contributed by atoms with Gasteiger partial charge in [0.25, 0.3) is 0 Å². The van der Waals surface area contributed by atoms with E-state index in [9.17, 15) is 4.79 Å². The Morgan fingerprint density at radius 3 is 2.88 bits per heavy atom. The number of benzene rings is 1. The second kappa shape index (κ2) is 6.68. The fraction of sp³-hybridized carbons (Fsp3) is 0.529. The van der Waals surface area contributed by atoms with E-state index in [4.69, 9.17) is 4.74 Å². The molecule has 0 unspecified atom stereocenters. The lowest BCUT2D eigenvalue weighted by atomic mass is 10.1. The first-order valence-corrected chi connectivity index (χ1v) is 8.16. The number of ether oxygens (including phenoxy) is 1. The summed E-state index contributed by atoms with van der Waals surface area (Å²) in [5.74, 6) is 0.616. The summed E-state index contributed by atoms with van der Waals surface area (Å²) in [6.45, 7) is 7.88. The number of morpholine rings is 1. The average Bonchev–Trinajstić information content (AvgIpc) is 2.96. The largest absolute Gasteiger partial charge is 0.372 e. The fourth-order valence-electron chi connectivity index (χ4n) is 2.84. The lowest BCUT2D eigenvalue weighted by molar-refractivity contribution is -0.147. The van der Waals surface area contributed by atoms with Crippen LogP contribution in [0.15, 0.2) is 24.3 Å².